The highest BCUT2D eigenvalue weighted by molar-refractivity contribution is 5.48. The molecule has 0 aliphatic carbocycles. The van der Waals surface area contributed by atoms with Crippen LogP contribution >= 0.6 is 0 Å². The van der Waals surface area contributed by atoms with Crippen LogP contribution in [-0.4, -0.2) is 5.11 Å². The lowest BCUT2D eigenvalue weighted by Gasteiger charge is -2.25. The van der Waals surface area contributed by atoms with Crippen molar-refractivity contribution in [3.63, 3.8) is 0 Å². The first-order valence-corrected chi connectivity index (χ1v) is 12.1. The van der Waals surface area contributed by atoms with E-state index in [2.05, 4.69) is 60.6 Å². The monoisotopic (exact) mass is 388 g/mol. The van der Waals surface area contributed by atoms with Gasteiger partial charge in [0.05, 0.1) is 0 Å². The molecule has 0 saturated heterocycles. The zero-order chi connectivity index (χ0) is 21.2. The molecule has 0 saturated carbocycles. The van der Waals surface area contributed by atoms with Gasteiger partial charge in [0, 0.05) is 0 Å². The molecule has 28 heavy (non-hydrogen) atoms. The van der Waals surface area contributed by atoms with Gasteiger partial charge in [0.2, 0.25) is 0 Å². The third-order valence-corrected chi connectivity index (χ3v) is 6.18. The number of phenols is 1. The molecule has 0 fully saturated rings. The predicted molar refractivity (Wildman–Crippen MR) is 126 cm³/mol. The fraction of sp³-hybridized carbons (Fsp3) is 0.778. The molecule has 1 heteroatoms. The lowest BCUT2D eigenvalue weighted by Crippen LogP contribution is -2.13. The van der Waals surface area contributed by atoms with Crippen molar-refractivity contribution in [3.05, 3.63) is 28.8 Å². The highest BCUT2D eigenvalue weighted by Crippen LogP contribution is 2.39. The molecule has 1 nitrogen and oxygen atoms in total. The molecule has 0 aliphatic rings. The average Bonchev–Trinajstić information content (AvgIpc) is 2.62. The average molecular weight is 389 g/mol. The van der Waals surface area contributed by atoms with Crippen molar-refractivity contribution < 1.29 is 5.11 Å². The minimum atomic E-state index is 0.114. The van der Waals surface area contributed by atoms with Gasteiger partial charge in [-0.3, -0.25) is 0 Å². The van der Waals surface area contributed by atoms with E-state index in [-0.39, 0.29) is 5.41 Å². The van der Waals surface area contributed by atoms with E-state index in [1.807, 2.05) is 0 Å². The summed E-state index contributed by atoms with van der Waals surface area (Å²) < 4.78 is 0. The van der Waals surface area contributed by atoms with E-state index in [9.17, 15) is 5.11 Å². The molecule has 0 bridgehead atoms. The van der Waals surface area contributed by atoms with E-state index in [0.717, 1.165) is 11.1 Å². The summed E-state index contributed by atoms with van der Waals surface area (Å²) in [5, 5.41) is 10.9. The largest absolute Gasteiger partial charge is 0.507 e. The summed E-state index contributed by atoms with van der Waals surface area (Å²) in [4.78, 5) is 0. The Morgan fingerprint density at radius 2 is 1.21 bits per heavy atom. The maximum Gasteiger partial charge on any atom is 0.122 e. The fourth-order valence-corrected chi connectivity index (χ4v) is 4.02. The van der Waals surface area contributed by atoms with Gasteiger partial charge in [-0.15, -0.1) is 0 Å². The second kappa shape index (κ2) is 12.6. The van der Waals surface area contributed by atoms with Crippen LogP contribution in [0.15, 0.2) is 12.1 Å². The Morgan fingerprint density at radius 3 is 1.68 bits per heavy atom. The normalized spacial score (nSPS) is 13.3. The topological polar surface area (TPSA) is 20.2 Å². The Labute approximate surface area is 176 Å². The molecule has 0 aromatic heterocycles. The van der Waals surface area contributed by atoms with Gasteiger partial charge in [-0.05, 0) is 40.4 Å². The minimum absolute atomic E-state index is 0.114. The first-order chi connectivity index (χ1) is 13.2. The van der Waals surface area contributed by atoms with Crippen LogP contribution < -0.4 is 0 Å². The van der Waals surface area contributed by atoms with Crippen molar-refractivity contribution in [1.82, 2.24) is 0 Å². The number of hydrogen-bond donors (Lipinski definition) is 1. The molecule has 0 aliphatic heterocycles. The van der Waals surface area contributed by atoms with Crippen molar-refractivity contribution in [2.45, 2.75) is 136 Å². The van der Waals surface area contributed by atoms with E-state index in [0.29, 0.717) is 17.6 Å². The van der Waals surface area contributed by atoms with E-state index in [1.165, 1.54) is 76.2 Å². The highest BCUT2D eigenvalue weighted by atomic mass is 16.3. The Hall–Kier alpha value is -0.980. The first-order valence-electron chi connectivity index (χ1n) is 12.1. The highest BCUT2D eigenvalue weighted by Gasteiger charge is 2.22. The first kappa shape index (κ1) is 25.1. The third kappa shape index (κ3) is 8.58. The Bertz CT molecular complexity index is 550. The summed E-state index contributed by atoms with van der Waals surface area (Å²) in [6.07, 6.45) is 14.9. The van der Waals surface area contributed by atoms with Gasteiger partial charge in [-0.1, -0.05) is 125 Å². The van der Waals surface area contributed by atoms with Crippen molar-refractivity contribution in [2.24, 2.45) is 0 Å². The SMILES string of the molecule is CCCCCCCCCCCCC(C)c1cc(C(C)(C)C)cc(C(C)C)c1O. The molecule has 0 amide bonds. The lowest BCUT2D eigenvalue weighted by molar-refractivity contribution is 0.445. The van der Waals surface area contributed by atoms with Crippen molar-refractivity contribution in [3.8, 4) is 5.75 Å². The minimum Gasteiger partial charge on any atom is -0.507 e. The molecule has 0 radical (unpaired) electrons. The molecule has 1 aromatic rings. The van der Waals surface area contributed by atoms with Crippen LogP contribution in [0.1, 0.15) is 148 Å². The van der Waals surface area contributed by atoms with Crippen molar-refractivity contribution in [1.29, 1.82) is 0 Å². The summed E-state index contributed by atoms with van der Waals surface area (Å²) in [5.41, 5.74) is 3.73. The molecule has 1 atom stereocenters. The zero-order valence-electron chi connectivity index (χ0n) is 20.0. The summed E-state index contributed by atoms with van der Waals surface area (Å²) >= 11 is 0. The molecule has 162 valence electrons. The van der Waals surface area contributed by atoms with Crippen LogP contribution in [0, 0.1) is 0 Å². The third-order valence-electron chi connectivity index (χ3n) is 6.18. The summed E-state index contributed by atoms with van der Waals surface area (Å²) in [6.45, 7) is 15.7. The van der Waals surface area contributed by atoms with Crippen LogP contribution in [-0.2, 0) is 5.41 Å². The lowest BCUT2D eigenvalue weighted by atomic mass is 9.80. The fourth-order valence-electron chi connectivity index (χ4n) is 4.02. The number of benzene rings is 1. The number of rotatable bonds is 13. The standard InChI is InChI=1S/C27H48O/c1-8-9-10-11-12-13-14-15-16-17-18-22(4)25-20-23(27(5,6)7)19-24(21(2)3)26(25)28/h19-22,28H,8-18H2,1-7H3. The van der Waals surface area contributed by atoms with Crippen molar-refractivity contribution >= 4 is 0 Å². The van der Waals surface area contributed by atoms with Gasteiger partial charge in [0.1, 0.15) is 5.75 Å². The number of aromatic hydroxyl groups is 1. The quantitative estimate of drug-likeness (QED) is 0.334. The van der Waals surface area contributed by atoms with Gasteiger partial charge in [-0.2, -0.15) is 0 Å². The molecule has 0 spiro atoms. The van der Waals surface area contributed by atoms with E-state index >= 15 is 0 Å². The van der Waals surface area contributed by atoms with Crippen molar-refractivity contribution in [2.75, 3.05) is 0 Å². The molecular formula is C27H48O. The van der Waals surface area contributed by atoms with Gasteiger partial charge in [0.15, 0.2) is 0 Å². The van der Waals surface area contributed by atoms with Gasteiger partial charge >= 0.3 is 0 Å². The van der Waals surface area contributed by atoms with Gasteiger partial charge in [-0.25, -0.2) is 0 Å². The van der Waals surface area contributed by atoms with E-state index < -0.39 is 0 Å². The second-order valence-electron chi connectivity index (χ2n) is 10.3. The Balaban J connectivity index is 2.51. The van der Waals surface area contributed by atoms with Crippen LogP contribution in [0.4, 0.5) is 0 Å². The summed E-state index contributed by atoms with van der Waals surface area (Å²) in [7, 11) is 0. The second-order valence-corrected chi connectivity index (χ2v) is 10.3. The van der Waals surface area contributed by atoms with Gasteiger partial charge < -0.3 is 5.11 Å². The molecule has 1 aromatic carbocycles. The zero-order valence-corrected chi connectivity index (χ0v) is 20.0. The maximum absolute atomic E-state index is 10.9. The van der Waals surface area contributed by atoms with E-state index in [4.69, 9.17) is 0 Å². The van der Waals surface area contributed by atoms with Crippen LogP contribution in [0.2, 0.25) is 0 Å². The summed E-state index contributed by atoms with van der Waals surface area (Å²) in [6, 6.07) is 4.49. The molecule has 1 unspecified atom stereocenters. The molecular weight excluding hydrogens is 340 g/mol. The van der Waals surface area contributed by atoms with Crippen LogP contribution in [0.3, 0.4) is 0 Å². The molecule has 1 N–H and O–H groups in total. The number of hydrogen-bond acceptors (Lipinski definition) is 1. The Kier molecular flexibility index (Phi) is 11.2. The number of phenolic OH excluding ortho intramolecular Hbond substituents is 1. The Morgan fingerprint density at radius 1 is 0.750 bits per heavy atom. The smallest absolute Gasteiger partial charge is 0.122 e. The van der Waals surface area contributed by atoms with Crippen LogP contribution in [0.25, 0.3) is 0 Å². The number of unbranched alkanes of at least 4 members (excludes halogenated alkanes) is 9. The van der Waals surface area contributed by atoms with Crippen LogP contribution in [0.5, 0.6) is 5.75 Å². The van der Waals surface area contributed by atoms with Gasteiger partial charge in [0.25, 0.3) is 0 Å². The molecule has 0 heterocycles. The molecule has 1 rings (SSSR count). The van der Waals surface area contributed by atoms with E-state index in [1.54, 1.807) is 0 Å². The predicted octanol–water partition coefficient (Wildman–Crippen LogP) is 9.23. The summed E-state index contributed by atoms with van der Waals surface area (Å²) in [5.74, 6) is 1.32. The maximum atomic E-state index is 10.9.